The fourth-order valence-corrected chi connectivity index (χ4v) is 2.99. The van der Waals surface area contributed by atoms with Gasteiger partial charge in [-0.2, -0.15) is 0 Å². The van der Waals surface area contributed by atoms with Crippen molar-refractivity contribution >= 4 is 40.6 Å². The number of nitrogens with zero attached hydrogens (tertiary/aromatic N) is 3. The van der Waals surface area contributed by atoms with Crippen LogP contribution in [0.5, 0.6) is 0 Å². The van der Waals surface area contributed by atoms with Gasteiger partial charge in [-0.3, -0.25) is 0 Å². The van der Waals surface area contributed by atoms with Gasteiger partial charge in [-0.15, -0.1) is 0 Å². The molecule has 0 aliphatic carbocycles. The van der Waals surface area contributed by atoms with Crippen LogP contribution in [0.1, 0.15) is 6.42 Å². The minimum absolute atomic E-state index is 0.298. The standard InChI is InChI=1S/C12H16Cl3N3/c1-17-4-3-8(6-17)7-18(2)12-10(14)5-9(13)11(15)16-12/h5,8H,3-4,6-7H2,1-2H3. The third-order valence-electron chi connectivity index (χ3n) is 3.25. The molecule has 1 saturated heterocycles. The maximum atomic E-state index is 6.15. The zero-order valence-electron chi connectivity index (χ0n) is 10.5. The molecule has 18 heavy (non-hydrogen) atoms. The fourth-order valence-electron chi connectivity index (χ4n) is 2.35. The van der Waals surface area contributed by atoms with Crippen LogP contribution in [0, 0.1) is 5.92 Å². The van der Waals surface area contributed by atoms with Gasteiger partial charge in [-0.25, -0.2) is 4.98 Å². The van der Waals surface area contributed by atoms with E-state index < -0.39 is 0 Å². The molecule has 2 rings (SSSR count). The Morgan fingerprint density at radius 2 is 2.11 bits per heavy atom. The lowest BCUT2D eigenvalue weighted by Crippen LogP contribution is -2.28. The van der Waals surface area contributed by atoms with E-state index in [0.717, 1.165) is 19.6 Å². The number of hydrogen-bond acceptors (Lipinski definition) is 3. The van der Waals surface area contributed by atoms with Gasteiger partial charge in [0.05, 0.1) is 10.0 Å². The molecule has 0 N–H and O–H groups in total. The molecule has 1 aliphatic heterocycles. The van der Waals surface area contributed by atoms with Crippen molar-refractivity contribution < 1.29 is 0 Å². The zero-order chi connectivity index (χ0) is 13.3. The number of rotatable bonds is 3. The van der Waals surface area contributed by atoms with E-state index in [9.17, 15) is 0 Å². The second kappa shape index (κ2) is 5.83. The predicted molar refractivity (Wildman–Crippen MR) is 78.1 cm³/mol. The number of anilines is 1. The number of aromatic nitrogens is 1. The molecule has 0 aromatic carbocycles. The smallest absolute Gasteiger partial charge is 0.150 e. The average molecular weight is 309 g/mol. The third-order valence-corrected chi connectivity index (χ3v) is 4.20. The first-order valence-corrected chi connectivity index (χ1v) is 7.02. The highest BCUT2D eigenvalue weighted by molar-refractivity contribution is 6.42. The van der Waals surface area contributed by atoms with Crippen LogP contribution in [0.2, 0.25) is 15.2 Å². The van der Waals surface area contributed by atoms with Crippen molar-refractivity contribution in [2.24, 2.45) is 5.92 Å². The molecule has 1 fully saturated rings. The van der Waals surface area contributed by atoms with Gasteiger partial charge < -0.3 is 9.80 Å². The van der Waals surface area contributed by atoms with Crippen LogP contribution in [0.3, 0.4) is 0 Å². The summed E-state index contributed by atoms with van der Waals surface area (Å²) in [5, 5.41) is 1.23. The fraction of sp³-hybridized carbons (Fsp3) is 0.583. The molecule has 0 spiro atoms. The summed E-state index contributed by atoms with van der Waals surface area (Å²) in [6.45, 7) is 3.19. The lowest BCUT2D eigenvalue weighted by molar-refractivity contribution is 0.395. The van der Waals surface area contributed by atoms with Crippen molar-refractivity contribution in [2.75, 3.05) is 38.6 Å². The Kier molecular flexibility index (Phi) is 4.59. The number of hydrogen-bond donors (Lipinski definition) is 0. The quantitative estimate of drug-likeness (QED) is 0.798. The highest BCUT2D eigenvalue weighted by atomic mass is 35.5. The first-order chi connectivity index (χ1) is 8.47. The van der Waals surface area contributed by atoms with Gasteiger partial charge in [-0.1, -0.05) is 34.8 Å². The minimum atomic E-state index is 0.298. The topological polar surface area (TPSA) is 19.4 Å². The van der Waals surface area contributed by atoms with Gasteiger partial charge in [0.1, 0.15) is 11.0 Å². The van der Waals surface area contributed by atoms with E-state index in [2.05, 4.69) is 16.9 Å². The van der Waals surface area contributed by atoms with Crippen molar-refractivity contribution in [1.82, 2.24) is 9.88 Å². The Morgan fingerprint density at radius 1 is 1.39 bits per heavy atom. The van der Waals surface area contributed by atoms with Gasteiger partial charge in [0.25, 0.3) is 0 Å². The second-order valence-corrected chi connectivity index (χ2v) is 6.04. The molecular formula is C12H16Cl3N3. The molecule has 1 atom stereocenters. The molecule has 1 aliphatic rings. The number of halogens is 3. The van der Waals surface area contributed by atoms with Crippen molar-refractivity contribution in [1.29, 1.82) is 0 Å². The number of pyridine rings is 1. The molecule has 100 valence electrons. The molecule has 1 unspecified atom stereocenters. The Bertz CT molecular complexity index is 439. The second-order valence-electron chi connectivity index (χ2n) is 4.86. The molecule has 1 aromatic rings. The minimum Gasteiger partial charge on any atom is -0.358 e. The molecule has 0 radical (unpaired) electrons. The highest BCUT2D eigenvalue weighted by Gasteiger charge is 2.22. The summed E-state index contributed by atoms with van der Waals surface area (Å²) in [6.07, 6.45) is 1.21. The first-order valence-electron chi connectivity index (χ1n) is 5.88. The van der Waals surface area contributed by atoms with E-state index in [0.29, 0.717) is 26.9 Å². The lowest BCUT2D eigenvalue weighted by Gasteiger charge is -2.23. The monoisotopic (exact) mass is 307 g/mol. The van der Waals surface area contributed by atoms with Crippen molar-refractivity contribution in [3.05, 3.63) is 21.3 Å². The SMILES string of the molecule is CN1CCC(CN(C)c2nc(Cl)c(Cl)cc2Cl)C1. The summed E-state index contributed by atoms with van der Waals surface area (Å²) in [6, 6.07) is 1.64. The molecule has 3 nitrogen and oxygen atoms in total. The van der Waals surface area contributed by atoms with Crippen LogP contribution in [0.15, 0.2) is 6.07 Å². The summed E-state index contributed by atoms with van der Waals surface area (Å²) >= 11 is 18.0. The zero-order valence-corrected chi connectivity index (χ0v) is 12.7. The molecule has 0 amide bonds. The van der Waals surface area contributed by atoms with Gasteiger partial charge in [0, 0.05) is 20.1 Å². The van der Waals surface area contributed by atoms with E-state index >= 15 is 0 Å². The largest absolute Gasteiger partial charge is 0.358 e. The van der Waals surface area contributed by atoms with E-state index in [4.69, 9.17) is 34.8 Å². The first kappa shape index (κ1) is 14.2. The third kappa shape index (κ3) is 3.21. The maximum Gasteiger partial charge on any atom is 0.150 e. The normalized spacial score (nSPS) is 20.4. The van der Waals surface area contributed by atoms with Crippen LogP contribution < -0.4 is 4.90 Å². The van der Waals surface area contributed by atoms with Gasteiger partial charge in [-0.05, 0) is 32.0 Å². The lowest BCUT2D eigenvalue weighted by atomic mass is 10.1. The Morgan fingerprint density at radius 3 is 2.72 bits per heavy atom. The molecule has 0 bridgehead atoms. The maximum absolute atomic E-state index is 6.15. The molecule has 1 aromatic heterocycles. The summed E-state index contributed by atoms with van der Waals surface area (Å²) in [5.41, 5.74) is 0. The van der Waals surface area contributed by atoms with Gasteiger partial charge in [0.15, 0.2) is 0 Å². The van der Waals surface area contributed by atoms with Gasteiger partial charge in [0.2, 0.25) is 0 Å². The van der Waals surface area contributed by atoms with Crippen molar-refractivity contribution in [2.45, 2.75) is 6.42 Å². The summed E-state index contributed by atoms with van der Waals surface area (Å²) in [4.78, 5) is 8.63. The van der Waals surface area contributed by atoms with E-state index in [1.54, 1.807) is 6.07 Å². The summed E-state index contributed by atoms with van der Waals surface area (Å²) in [7, 11) is 4.13. The molecule has 0 saturated carbocycles. The van der Waals surface area contributed by atoms with Crippen LogP contribution >= 0.6 is 34.8 Å². The van der Waals surface area contributed by atoms with Crippen LogP contribution in [-0.2, 0) is 0 Å². The van der Waals surface area contributed by atoms with Crippen LogP contribution in [0.25, 0.3) is 0 Å². The Hall–Kier alpha value is -0.220. The van der Waals surface area contributed by atoms with Crippen LogP contribution in [-0.4, -0.2) is 43.6 Å². The Labute approximate surface area is 123 Å². The van der Waals surface area contributed by atoms with E-state index in [1.807, 2.05) is 11.9 Å². The average Bonchev–Trinajstić information content (AvgIpc) is 2.69. The number of likely N-dealkylation sites (tertiary alicyclic amines) is 1. The highest BCUT2D eigenvalue weighted by Crippen LogP contribution is 2.31. The molecular weight excluding hydrogens is 293 g/mol. The van der Waals surface area contributed by atoms with Crippen molar-refractivity contribution in [3.63, 3.8) is 0 Å². The van der Waals surface area contributed by atoms with Crippen LogP contribution in [0.4, 0.5) is 5.82 Å². The Balaban J connectivity index is 2.09. The van der Waals surface area contributed by atoms with E-state index in [1.165, 1.54) is 6.42 Å². The van der Waals surface area contributed by atoms with Crippen molar-refractivity contribution in [3.8, 4) is 0 Å². The van der Waals surface area contributed by atoms with Gasteiger partial charge >= 0.3 is 0 Å². The molecule has 2 heterocycles. The predicted octanol–water partition coefficient (Wildman–Crippen LogP) is 3.43. The summed E-state index contributed by atoms with van der Waals surface area (Å²) in [5.74, 6) is 1.34. The molecule has 6 heteroatoms. The van der Waals surface area contributed by atoms with E-state index in [-0.39, 0.29) is 0 Å². The summed E-state index contributed by atoms with van der Waals surface area (Å²) < 4.78 is 0.